The van der Waals surface area contributed by atoms with Crippen molar-refractivity contribution in [3.05, 3.63) is 18.3 Å². The minimum absolute atomic E-state index is 0.0646. The molecule has 0 bridgehead atoms. The smallest absolute Gasteiger partial charge is 0.413 e. The van der Waals surface area contributed by atoms with Crippen LogP contribution in [0.3, 0.4) is 0 Å². The molecule has 1 rings (SSSR count). The molecule has 2 amide bonds. The van der Waals surface area contributed by atoms with E-state index in [9.17, 15) is 22.8 Å². The summed E-state index contributed by atoms with van der Waals surface area (Å²) in [6.45, 7) is 8.68. The fourth-order valence-corrected chi connectivity index (χ4v) is 2.78. The van der Waals surface area contributed by atoms with Crippen LogP contribution in [0.15, 0.2) is 23.2 Å². The Hall–Kier alpha value is -2.69. The standard InChI is InChI=1S/C16H23N3O7S/c1-10(20)25-16(5,6)13(21)19-27(23,24)11-7-8-12(17-9-11)18-14(22)26-15(2,3)4/h7-9H,1-6H3,(H,19,21)(H,17,18,22). The van der Waals surface area contributed by atoms with E-state index in [0.29, 0.717) is 0 Å². The Morgan fingerprint density at radius 1 is 1.04 bits per heavy atom. The third kappa shape index (κ3) is 7.21. The molecule has 27 heavy (non-hydrogen) atoms. The molecule has 0 saturated carbocycles. The lowest BCUT2D eigenvalue weighted by atomic mass is 10.1. The van der Waals surface area contributed by atoms with Crippen LogP contribution in [-0.2, 0) is 29.1 Å². The number of pyridine rings is 1. The highest BCUT2D eigenvalue weighted by Crippen LogP contribution is 2.15. The molecule has 0 aliphatic heterocycles. The summed E-state index contributed by atoms with van der Waals surface area (Å²) >= 11 is 0. The molecular formula is C16H23N3O7S. The summed E-state index contributed by atoms with van der Waals surface area (Å²) in [7, 11) is -4.25. The number of carbonyl (C=O) groups excluding carboxylic acids is 3. The maximum absolute atomic E-state index is 12.3. The van der Waals surface area contributed by atoms with E-state index in [1.807, 2.05) is 4.72 Å². The summed E-state index contributed by atoms with van der Waals surface area (Å²) in [4.78, 5) is 38.2. The van der Waals surface area contributed by atoms with Gasteiger partial charge in [0.1, 0.15) is 16.3 Å². The Kier molecular flexibility index (Phi) is 6.54. The number of nitrogens with zero attached hydrogens (tertiary/aromatic N) is 1. The minimum atomic E-state index is -4.25. The van der Waals surface area contributed by atoms with Crippen LogP contribution in [0.5, 0.6) is 0 Å². The van der Waals surface area contributed by atoms with Gasteiger partial charge in [0.25, 0.3) is 15.9 Å². The number of carbonyl (C=O) groups is 3. The molecule has 1 heterocycles. The van der Waals surface area contributed by atoms with Gasteiger partial charge in [0.15, 0.2) is 5.60 Å². The number of hydrogen-bond acceptors (Lipinski definition) is 8. The van der Waals surface area contributed by atoms with Gasteiger partial charge in [-0.2, -0.15) is 0 Å². The number of esters is 1. The first-order valence-electron chi connectivity index (χ1n) is 7.85. The molecule has 0 aliphatic rings. The van der Waals surface area contributed by atoms with Crippen molar-refractivity contribution in [3.8, 4) is 0 Å². The second-order valence-electron chi connectivity index (χ2n) is 7.04. The van der Waals surface area contributed by atoms with Gasteiger partial charge in [-0.05, 0) is 46.8 Å². The van der Waals surface area contributed by atoms with Crippen molar-refractivity contribution in [1.29, 1.82) is 0 Å². The van der Waals surface area contributed by atoms with E-state index in [0.717, 1.165) is 19.2 Å². The lowest BCUT2D eigenvalue weighted by molar-refractivity contribution is -0.162. The SMILES string of the molecule is CC(=O)OC(C)(C)C(=O)NS(=O)(=O)c1ccc(NC(=O)OC(C)(C)C)nc1. The zero-order valence-corrected chi connectivity index (χ0v) is 16.8. The summed E-state index contributed by atoms with van der Waals surface area (Å²) in [5.41, 5.74) is -2.38. The van der Waals surface area contributed by atoms with Crippen molar-refractivity contribution in [3.63, 3.8) is 0 Å². The predicted molar refractivity (Wildman–Crippen MR) is 95.3 cm³/mol. The number of nitrogens with one attached hydrogen (secondary N) is 2. The second-order valence-corrected chi connectivity index (χ2v) is 8.73. The van der Waals surface area contributed by atoms with E-state index in [1.54, 1.807) is 20.8 Å². The molecule has 0 atom stereocenters. The number of aromatic nitrogens is 1. The van der Waals surface area contributed by atoms with Crippen LogP contribution in [-0.4, -0.2) is 42.6 Å². The summed E-state index contributed by atoms with van der Waals surface area (Å²) in [6.07, 6.45) is 0.211. The normalized spacial score (nSPS) is 12.1. The van der Waals surface area contributed by atoms with Crippen molar-refractivity contribution in [2.24, 2.45) is 0 Å². The largest absolute Gasteiger partial charge is 0.450 e. The Bertz CT molecular complexity index is 825. The van der Waals surface area contributed by atoms with E-state index in [2.05, 4.69) is 10.3 Å². The summed E-state index contributed by atoms with van der Waals surface area (Å²) in [6, 6.07) is 2.38. The van der Waals surface area contributed by atoms with E-state index in [4.69, 9.17) is 9.47 Å². The molecule has 11 heteroatoms. The van der Waals surface area contributed by atoms with Crippen molar-refractivity contribution >= 4 is 33.8 Å². The molecule has 0 fully saturated rings. The highest BCUT2D eigenvalue weighted by atomic mass is 32.2. The molecule has 0 saturated heterocycles. The number of rotatable bonds is 5. The maximum atomic E-state index is 12.3. The lowest BCUT2D eigenvalue weighted by Gasteiger charge is -2.23. The Morgan fingerprint density at radius 3 is 2.07 bits per heavy atom. The van der Waals surface area contributed by atoms with Crippen LogP contribution in [0, 0.1) is 0 Å². The first kappa shape index (κ1) is 22.4. The summed E-state index contributed by atoms with van der Waals surface area (Å²) in [5, 5.41) is 2.35. The van der Waals surface area contributed by atoms with E-state index < -0.39 is 39.2 Å². The van der Waals surface area contributed by atoms with Crippen LogP contribution < -0.4 is 10.0 Å². The molecule has 0 radical (unpaired) electrons. The summed E-state index contributed by atoms with van der Waals surface area (Å²) < 4.78 is 36.2. The van der Waals surface area contributed by atoms with Crippen LogP contribution in [0.25, 0.3) is 0 Å². The average Bonchev–Trinajstić information content (AvgIpc) is 2.43. The maximum Gasteiger partial charge on any atom is 0.413 e. The quantitative estimate of drug-likeness (QED) is 0.708. The van der Waals surface area contributed by atoms with Crippen LogP contribution in [0.1, 0.15) is 41.5 Å². The number of sulfonamides is 1. The molecule has 2 N–H and O–H groups in total. The first-order chi connectivity index (χ1) is 12.1. The molecule has 150 valence electrons. The fraction of sp³-hybridized carbons (Fsp3) is 0.500. The zero-order valence-electron chi connectivity index (χ0n) is 15.9. The lowest BCUT2D eigenvalue weighted by Crippen LogP contribution is -2.47. The van der Waals surface area contributed by atoms with Gasteiger partial charge in [0.2, 0.25) is 0 Å². The van der Waals surface area contributed by atoms with Gasteiger partial charge in [-0.25, -0.2) is 22.9 Å². The molecular weight excluding hydrogens is 378 g/mol. The predicted octanol–water partition coefficient (Wildman–Crippen LogP) is 1.58. The fourth-order valence-electron chi connectivity index (χ4n) is 1.73. The van der Waals surface area contributed by atoms with Crippen LogP contribution in [0.2, 0.25) is 0 Å². The van der Waals surface area contributed by atoms with E-state index in [1.165, 1.54) is 19.9 Å². The van der Waals surface area contributed by atoms with E-state index in [-0.39, 0.29) is 10.7 Å². The highest BCUT2D eigenvalue weighted by Gasteiger charge is 2.34. The van der Waals surface area contributed by atoms with Gasteiger partial charge in [-0.1, -0.05) is 0 Å². The van der Waals surface area contributed by atoms with Gasteiger partial charge in [-0.3, -0.25) is 14.9 Å². The number of amides is 2. The number of hydrogen-bond donors (Lipinski definition) is 2. The van der Waals surface area contributed by atoms with Crippen molar-refractivity contribution in [2.45, 2.75) is 57.6 Å². The third-order valence-electron chi connectivity index (χ3n) is 2.85. The number of ether oxygens (including phenoxy) is 2. The van der Waals surface area contributed by atoms with E-state index >= 15 is 0 Å². The molecule has 0 unspecified atom stereocenters. The van der Waals surface area contributed by atoms with Crippen LogP contribution >= 0.6 is 0 Å². The highest BCUT2D eigenvalue weighted by molar-refractivity contribution is 7.90. The zero-order chi connectivity index (χ0) is 21.0. The van der Waals surface area contributed by atoms with Gasteiger partial charge in [0.05, 0.1) is 0 Å². The molecule has 0 aromatic carbocycles. The minimum Gasteiger partial charge on any atom is -0.450 e. The Morgan fingerprint density at radius 2 is 1.63 bits per heavy atom. The van der Waals surface area contributed by atoms with Gasteiger partial charge in [-0.15, -0.1) is 0 Å². The topological polar surface area (TPSA) is 141 Å². The molecule has 0 spiro atoms. The van der Waals surface area contributed by atoms with Gasteiger partial charge >= 0.3 is 12.1 Å². The molecule has 1 aromatic rings. The molecule has 0 aliphatic carbocycles. The van der Waals surface area contributed by atoms with Crippen molar-refractivity contribution in [1.82, 2.24) is 9.71 Å². The van der Waals surface area contributed by atoms with Gasteiger partial charge < -0.3 is 9.47 Å². The Balaban J connectivity index is 2.86. The van der Waals surface area contributed by atoms with Crippen molar-refractivity contribution in [2.75, 3.05) is 5.32 Å². The monoisotopic (exact) mass is 401 g/mol. The third-order valence-corrected chi connectivity index (χ3v) is 4.16. The summed E-state index contributed by atoms with van der Waals surface area (Å²) in [5.74, 6) is -1.68. The number of anilines is 1. The average molecular weight is 401 g/mol. The second kappa shape index (κ2) is 7.91. The van der Waals surface area contributed by atoms with Gasteiger partial charge in [0, 0.05) is 13.1 Å². The first-order valence-corrected chi connectivity index (χ1v) is 9.33. The van der Waals surface area contributed by atoms with Crippen LogP contribution in [0.4, 0.5) is 10.6 Å². The Labute approximate surface area is 157 Å². The molecule has 1 aromatic heterocycles. The van der Waals surface area contributed by atoms with Crippen molar-refractivity contribution < 1.29 is 32.3 Å². The molecule has 10 nitrogen and oxygen atoms in total.